The molecule has 1 saturated heterocycles. The van der Waals surface area contributed by atoms with E-state index in [-0.39, 0.29) is 5.82 Å². The molecule has 2 heterocycles. The fourth-order valence-electron chi connectivity index (χ4n) is 3.24. The van der Waals surface area contributed by atoms with E-state index in [2.05, 4.69) is 9.88 Å². The molecule has 1 aliphatic heterocycles. The molecule has 2 aromatic carbocycles. The van der Waals surface area contributed by atoms with Gasteiger partial charge in [-0.3, -0.25) is 0 Å². The Morgan fingerprint density at radius 1 is 0.800 bits per heavy atom. The molecule has 0 spiro atoms. The SMILES string of the molecule is Fc1ccccc1-c1cc(N2CCCCC2)nc(-c2ccccc2)n1. The lowest BCUT2D eigenvalue weighted by atomic mass is 10.1. The number of anilines is 1. The first-order chi connectivity index (χ1) is 12.3. The highest BCUT2D eigenvalue weighted by atomic mass is 19.1. The quantitative estimate of drug-likeness (QED) is 0.680. The zero-order chi connectivity index (χ0) is 17.1. The van der Waals surface area contributed by atoms with Gasteiger partial charge in [0.05, 0.1) is 5.69 Å². The molecule has 4 heteroatoms. The second kappa shape index (κ2) is 7.01. The van der Waals surface area contributed by atoms with E-state index in [0.717, 1.165) is 24.5 Å². The summed E-state index contributed by atoms with van der Waals surface area (Å²) in [7, 11) is 0. The first-order valence-electron chi connectivity index (χ1n) is 8.75. The summed E-state index contributed by atoms with van der Waals surface area (Å²) in [6, 6.07) is 18.6. The Balaban J connectivity index is 1.84. The Kier molecular flexibility index (Phi) is 4.42. The molecule has 4 rings (SSSR count). The van der Waals surface area contributed by atoms with Crippen molar-refractivity contribution in [3.05, 3.63) is 66.5 Å². The van der Waals surface area contributed by atoms with Gasteiger partial charge < -0.3 is 4.90 Å². The third-order valence-corrected chi connectivity index (χ3v) is 4.57. The number of aromatic nitrogens is 2. The van der Waals surface area contributed by atoms with E-state index in [1.807, 2.05) is 42.5 Å². The van der Waals surface area contributed by atoms with Crippen LogP contribution in [0.4, 0.5) is 10.2 Å². The Hall–Kier alpha value is -2.75. The molecule has 1 aliphatic rings. The highest BCUT2D eigenvalue weighted by Crippen LogP contribution is 2.28. The van der Waals surface area contributed by atoms with Crippen LogP contribution in [0.25, 0.3) is 22.6 Å². The molecule has 0 saturated carbocycles. The molecule has 1 fully saturated rings. The van der Waals surface area contributed by atoms with E-state index >= 15 is 0 Å². The normalized spacial score (nSPS) is 14.5. The predicted molar refractivity (Wildman–Crippen MR) is 98.9 cm³/mol. The summed E-state index contributed by atoms with van der Waals surface area (Å²) in [5.41, 5.74) is 2.09. The minimum absolute atomic E-state index is 0.259. The monoisotopic (exact) mass is 333 g/mol. The van der Waals surface area contributed by atoms with Crippen LogP contribution in [0.3, 0.4) is 0 Å². The van der Waals surface area contributed by atoms with Gasteiger partial charge in [0, 0.05) is 30.3 Å². The summed E-state index contributed by atoms with van der Waals surface area (Å²) in [6.07, 6.45) is 3.59. The van der Waals surface area contributed by atoms with Crippen LogP contribution >= 0.6 is 0 Å². The molecule has 0 bridgehead atoms. The van der Waals surface area contributed by atoms with Gasteiger partial charge in [0.15, 0.2) is 5.82 Å². The van der Waals surface area contributed by atoms with Crippen molar-refractivity contribution in [2.45, 2.75) is 19.3 Å². The zero-order valence-electron chi connectivity index (χ0n) is 14.0. The van der Waals surface area contributed by atoms with Gasteiger partial charge >= 0.3 is 0 Å². The fraction of sp³-hybridized carbons (Fsp3) is 0.238. The maximum Gasteiger partial charge on any atom is 0.162 e. The molecule has 3 aromatic rings. The van der Waals surface area contributed by atoms with Gasteiger partial charge in [0.1, 0.15) is 11.6 Å². The van der Waals surface area contributed by atoms with Crippen LogP contribution < -0.4 is 4.90 Å². The van der Waals surface area contributed by atoms with Crippen LogP contribution in [0.2, 0.25) is 0 Å². The van der Waals surface area contributed by atoms with Gasteiger partial charge in [0.2, 0.25) is 0 Å². The summed E-state index contributed by atoms with van der Waals surface area (Å²) in [5, 5.41) is 0. The lowest BCUT2D eigenvalue weighted by molar-refractivity contribution is 0.573. The van der Waals surface area contributed by atoms with E-state index < -0.39 is 0 Å². The highest BCUT2D eigenvalue weighted by molar-refractivity contribution is 5.68. The lowest BCUT2D eigenvalue weighted by Gasteiger charge is -2.28. The number of rotatable bonds is 3. The first-order valence-corrected chi connectivity index (χ1v) is 8.75. The van der Waals surface area contributed by atoms with Gasteiger partial charge in [-0.05, 0) is 31.4 Å². The summed E-state index contributed by atoms with van der Waals surface area (Å²) < 4.78 is 14.3. The summed E-state index contributed by atoms with van der Waals surface area (Å²) >= 11 is 0. The Labute approximate surface area is 147 Å². The number of hydrogen-bond donors (Lipinski definition) is 0. The molecule has 0 radical (unpaired) electrons. The van der Waals surface area contributed by atoms with Crippen molar-refractivity contribution in [3.8, 4) is 22.6 Å². The topological polar surface area (TPSA) is 29.0 Å². The van der Waals surface area contributed by atoms with E-state index in [0.29, 0.717) is 17.1 Å². The maximum absolute atomic E-state index is 14.3. The molecule has 1 aromatic heterocycles. The third kappa shape index (κ3) is 3.38. The minimum Gasteiger partial charge on any atom is -0.356 e. The van der Waals surface area contributed by atoms with Crippen LogP contribution in [-0.2, 0) is 0 Å². The Morgan fingerprint density at radius 2 is 1.52 bits per heavy atom. The molecule has 0 N–H and O–H groups in total. The average molecular weight is 333 g/mol. The Bertz CT molecular complexity index is 858. The third-order valence-electron chi connectivity index (χ3n) is 4.57. The van der Waals surface area contributed by atoms with Gasteiger partial charge in [-0.15, -0.1) is 0 Å². The van der Waals surface area contributed by atoms with Crippen molar-refractivity contribution in [2.24, 2.45) is 0 Å². The molecule has 25 heavy (non-hydrogen) atoms. The minimum atomic E-state index is -0.259. The predicted octanol–water partition coefficient (Wildman–Crippen LogP) is 4.94. The second-order valence-electron chi connectivity index (χ2n) is 6.33. The standard InChI is InChI=1S/C21H20FN3/c22-18-12-6-5-11-17(18)19-15-20(25-13-7-2-8-14-25)24-21(23-19)16-9-3-1-4-10-16/h1,3-6,9-12,15H,2,7-8,13-14H2. The molecule has 3 nitrogen and oxygen atoms in total. The van der Waals surface area contributed by atoms with Crippen molar-refractivity contribution in [1.29, 1.82) is 0 Å². The number of halogens is 1. The molecule has 126 valence electrons. The number of piperidine rings is 1. The van der Waals surface area contributed by atoms with Crippen molar-refractivity contribution in [3.63, 3.8) is 0 Å². The van der Waals surface area contributed by atoms with Crippen molar-refractivity contribution < 1.29 is 4.39 Å². The van der Waals surface area contributed by atoms with E-state index in [4.69, 9.17) is 4.98 Å². The molecule has 0 amide bonds. The van der Waals surface area contributed by atoms with E-state index in [1.165, 1.54) is 25.3 Å². The van der Waals surface area contributed by atoms with Crippen molar-refractivity contribution in [2.75, 3.05) is 18.0 Å². The van der Waals surface area contributed by atoms with Gasteiger partial charge in [-0.1, -0.05) is 42.5 Å². The number of nitrogens with zero attached hydrogens (tertiary/aromatic N) is 3. The first kappa shape index (κ1) is 15.8. The summed E-state index contributed by atoms with van der Waals surface area (Å²) in [6.45, 7) is 1.98. The number of hydrogen-bond acceptors (Lipinski definition) is 3. The lowest BCUT2D eigenvalue weighted by Crippen LogP contribution is -2.30. The van der Waals surface area contributed by atoms with Crippen LogP contribution in [-0.4, -0.2) is 23.1 Å². The highest BCUT2D eigenvalue weighted by Gasteiger charge is 2.17. The van der Waals surface area contributed by atoms with Gasteiger partial charge in [0.25, 0.3) is 0 Å². The molecule has 0 atom stereocenters. The summed E-state index contributed by atoms with van der Waals surface area (Å²) in [5.74, 6) is 1.26. The van der Waals surface area contributed by atoms with Gasteiger partial charge in [-0.25, -0.2) is 14.4 Å². The smallest absolute Gasteiger partial charge is 0.162 e. The Morgan fingerprint density at radius 3 is 2.28 bits per heavy atom. The molecule has 0 unspecified atom stereocenters. The maximum atomic E-state index is 14.3. The zero-order valence-corrected chi connectivity index (χ0v) is 14.0. The largest absolute Gasteiger partial charge is 0.356 e. The fourth-order valence-corrected chi connectivity index (χ4v) is 3.24. The molecule has 0 aliphatic carbocycles. The van der Waals surface area contributed by atoms with Crippen molar-refractivity contribution >= 4 is 5.82 Å². The molecular formula is C21H20FN3. The van der Waals surface area contributed by atoms with Gasteiger partial charge in [-0.2, -0.15) is 0 Å². The molecular weight excluding hydrogens is 313 g/mol. The van der Waals surface area contributed by atoms with Crippen LogP contribution in [0.15, 0.2) is 60.7 Å². The van der Waals surface area contributed by atoms with Crippen molar-refractivity contribution in [1.82, 2.24) is 9.97 Å². The number of benzene rings is 2. The van der Waals surface area contributed by atoms with Crippen LogP contribution in [0, 0.1) is 5.82 Å². The second-order valence-corrected chi connectivity index (χ2v) is 6.33. The van der Waals surface area contributed by atoms with E-state index in [9.17, 15) is 4.39 Å². The van der Waals surface area contributed by atoms with Crippen LogP contribution in [0.5, 0.6) is 0 Å². The summed E-state index contributed by atoms with van der Waals surface area (Å²) in [4.78, 5) is 11.7. The van der Waals surface area contributed by atoms with E-state index in [1.54, 1.807) is 12.1 Å². The van der Waals surface area contributed by atoms with Crippen LogP contribution in [0.1, 0.15) is 19.3 Å². The average Bonchev–Trinajstić information content (AvgIpc) is 2.69.